The average molecular weight is 234 g/mol. The predicted octanol–water partition coefficient (Wildman–Crippen LogP) is 3.57. The fraction of sp³-hybridized carbons (Fsp3) is 0.188. The Morgan fingerprint density at radius 1 is 1.00 bits per heavy atom. The van der Waals surface area contributed by atoms with Gasteiger partial charge < -0.3 is 0 Å². The molecule has 0 spiro atoms. The van der Waals surface area contributed by atoms with E-state index in [-0.39, 0.29) is 0 Å². The van der Waals surface area contributed by atoms with Crippen LogP contribution < -0.4 is 0 Å². The normalized spacial score (nSPS) is 18.1. The smallest absolute Gasteiger partial charge is 0.0781 e. The van der Waals surface area contributed by atoms with E-state index in [2.05, 4.69) is 58.3 Å². The van der Waals surface area contributed by atoms with E-state index in [0.29, 0.717) is 6.04 Å². The zero-order valence-electron chi connectivity index (χ0n) is 10.1. The summed E-state index contributed by atoms with van der Waals surface area (Å²) in [7, 11) is 0. The molecule has 2 aromatic carbocycles. The molecule has 1 heterocycles. The minimum absolute atomic E-state index is 0.404. The second kappa shape index (κ2) is 3.70. The van der Waals surface area contributed by atoms with Crippen molar-refractivity contribution in [3.8, 4) is 0 Å². The quantitative estimate of drug-likeness (QED) is 0.629. The fourth-order valence-electron chi connectivity index (χ4n) is 3.03. The molecule has 1 aliphatic rings. The van der Waals surface area contributed by atoms with Gasteiger partial charge in [-0.1, -0.05) is 42.5 Å². The highest BCUT2D eigenvalue weighted by atomic mass is 15.3. The van der Waals surface area contributed by atoms with Crippen LogP contribution in [0.5, 0.6) is 0 Å². The maximum absolute atomic E-state index is 4.59. The number of para-hydroxylation sites is 1. The molecule has 4 rings (SSSR count). The van der Waals surface area contributed by atoms with E-state index < -0.39 is 0 Å². The number of fused-ring (bicyclic) bond motifs is 2. The maximum Gasteiger partial charge on any atom is 0.0781 e. The Balaban J connectivity index is 1.90. The van der Waals surface area contributed by atoms with E-state index in [1.807, 2.05) is 6.20 Å². The van der Waals surface area contributed by atoms with Crippen LogP contribution in [0.25, 0.3) is 10.9 Å². The number of aryl methyl sites for hydroxylation is 1. The molecular weight excluding hydrogens is 220 g/mol. The minimum atomic E-state index is 0.404. The molecule has 0 amide bonds. The molecule has 0 aliphatic heterocycles. The predicted molar refractivity (Wildman–Crippen MR) is 72.6 cm³/mol. The summed E-state index contributed by atoms with van der Waals surface area (Å²) in [5, 5.41) is 5.82. The summed E-state index contributed by atoms with van der Waals surface area (Å²) in [5.41, 5.74) is 4.15. The van der Waals surface area contributed by atoms with Gasteiger partial charge in [0.15, 0.2) is 0 Å². The van der Waals surface area contributed by atoms with Gasteiger partial charge in [-0.05, 0) is 30.0 Å². The van der Waals surface area contributed by atoms with Crippen LogP contribution in [0.2, 0.25) is 0 Å². The average Bonchev–Trinajstić information content (AvgIpc) is 3.01. The van der Waals surface area contributed by atoms with Crippen LogP contribution in [0.15, 0.2) is 54.7 Å². The first-order valence-electron chi connectivity index (χ1n) is 6.43. The van der Waals surface area contributed by atoms with Crippen molar-refractivity contribution in [3.05, 3.63) is 65.9 Å². The van der Waals surface area contributed by atoms with Crippen molar-refractivity contribution >= 4 is 10.9 Å². The number of hydrogen-bond donors (Lipinski definition) is 0. The molecule has 0 saturated heterocycles. The van der Waals surface area contributed by atoms with Crippen LogP contribution in [0.3, 0.4) is 0 Å². The van der Waals surface area contributed by atoms with Gasteiger partial charge >= 0.3 is 0 Å². The topological polar surface area (TPSA) is 17.8 Å². The summed E-state index contributed by atoms with van der Waals surface area (Å²) in [6, 6.07) is 17.6. The van der Waals surface area contributed by atoms with Gasteiger partial charge in [0, 0.05) is 5.39 Å². The van der Waals surface area contributed by atoms with E-state index in [0.717, 1.165) is 12.8 Å². The Morgan fingerprint density at radius 3 is 2.83 bits per heavy atom. The van der Waals surface area contributed by atoms with Crippen molar-refractivity contribution in [2.24, 2.45) is 0 Å². The highest BCUT2D eigenvalue weighted by Gasteiger charge is 2.24. The fourth-order valence-corrected chi connectivity index (χ4v) is 3.03. The first kappa shape index (κ1) is 9.89. The Morgan fingerprint density at radius 2 is 1.83 bits per heavy atom. The first-order chi connectivity index (χ1) is 8.93. The van der Waals surface area contributed by atoms with E-state index >= 15 is 0 Å². The van der Waals surface area contributed by atoms with Crippen LogP contribution in [0.1, 0.15) is 23.6 Å². The van der Waals surface area contributed by atoms with E-state index in [9.17, 15) is 0 Å². The Hall–Kier alpha value is -2.09. The second-order valence-electron chi connectivity index (χ2n) is 4.90. The van der Waals surface area contributed by atoms with Crippen molar-refractivity contribution in [1.82, 2.24) is 9.78 Å². The summed E-state index contributed by atoms with van der Waals surface area (Å²) < 4.78 is 2.18. The SMILES string of the molecule is c1ccc2c(c1)CCC2n1ncc2ccccc21. The molecule has 1 unspecified atom stereocenters. The molecule has 2 heteroatoms. The molecule has 1 aliphatic carbocycles. The van der Waals surface area contributed by atoms with Gasteiger partial charge in [0.05, 0.1) is 17.8 Å². The third-order valence-corrected chi connectivity index (χ3v) is 3.90. The first-order valence-corrected chi connectivity index (χ1v) is 6.43. The van der Waals surface area contributed by atoms with Gasteiger partial charge in [-0.15, -0.1) is 0 Å². The van der Waals surface area contributed by atoms with Gasteiger partial charge in [0.25, 0.3) is 0 Å². The number of hydrogen-bond acceptors (Lipinski definition) is 1. The monoisotopic (exact) mass is 234 g/mol. The van der Waals surface area contributed by atoms with E-state index in [1.165, 1.54) is 22.0 Å². The lowest BCUT2D eigenvalue weighted by atomic mass is 10.1. The Bertz CT molecular complexity index is 712. The van der Waals surface area contributed by atoms with Crippen LogP contribution in [0, 0.1) is 0 Å². The lowest BCUT2D eigenvalue weighted by Crippen LogP contribution is -2.08. The Kier molecular flexibility index (Phi) is 2.04. The molecule has 88 valence electrons. The van der Waals surface area contributed by atoms with Crippen molar-refractivity contribution in [2.75, 3.05) is 0 Å². The molecule has 2 nitrogen and oxygen atoms in total. The summed E-state index contributed by atoms with van der Waals surface area (Å²) in [4.78, 5) is 0. The lowest BCUT2D eigenvalue weighted by molar-refractivity contribution is 0.537. The second-order valence-corrected chi connectivity index (χ2v) is 4.90. The summed E-state index contributed by atoms with van der Waals surface area (Å²) >= 11 is 0. The number of aromatic nitrogens is 2. The van der Waals surface area contributed by atoms with Crippen LogP contribution in [-0.2, 0) is 6.42 Å². The maximum atomic E-state index is 4.59. The minimum Gasteiger partial charge on any atom is -0.257 e. The van der Waals surface area contributed by atoms with Gasteiger partial charge in [-0.3, -0.25) is 4.68 Å². The van der Waals surface area contributed by atoms with Crippen molar-refractivity contribution in [3.63, 3.8) is 0 Å². The third kappa shape index (κ3) is 1.32. The van der Waals surface area contributed by atoms with Crippen molar-refractivity contribution in [2.45, 2.75) is 18.9 Å². The highest BCUT2D eigenvalue weighted by Crippen LogP contribution is 2.35. The Labute approximate surface area is 106 Å². The highest BCUT2D eigenvalue weighted by molar-refractivity contribution is 5.78. The molecule has 1 aromatic heterocycles. The largest absolute Gasteiger partial charge is 0.257 e. The third-order valence-electron chi connectivity index (χ3n) is 3.90. The molecular formula is C16H14N2. The molecule has 1 atom stereocenters. The standard InChI is InChI=1S/C16H14N2/c1-3-7-14-12(5-1)9-10-16(14)18-15-8-4-2-6-13(15)11-17-18/h1-8,11,16H,9-10H2. The summed E-state index contributed by atoms with van der Waals surface area (Å²) in [6.07, 6.45) is 4.29. The van der Waals surface area contributed by atoms with Crippen molar-refractivity contribution < 1.29 is 0 Å². The molecule has 0 N–H and O–H groups in total. The van der Waals surface area contributed by atoms with Crippen LogP contribution in [0.4, 0.5) is 0 Å². The molecule has 0 saturated carbocycles. The van der Waals surface area contributed by atoms with E-state index in [1.54, 1.807) is 0 Å². The summed E-state index contributed by atoms with van der Waals surface area (Å²) in [5.74, 6) is 0. The number of rotatable bonds is 1. The van der Waals surface area contributed by atoms with Crippen molar-refractivity contribution in [1.29, 1.82) is 0 Å². The van der Waals surface area contributed by atoms with Crippen LogP contribution in [-0.4, -0.2) is 9.78 Å². The van der Waals surface area contributed by atoms with E-state index in [4.69, 9.17) is 0 Å². The van der Waals surface area contributed by atoms with Gasteiger partial charge in [0.1, 0.15) is 0 Å². The zero-order valence-corrected chi connectivity index (χ0v) is 10.1. The number of benzene rings is 2. The molecule has 18 heavy (non-hydrogen) atoms. The zero-order chi connectivity index (χ0) is 11.9. The van der Waals surface area contributed by atoms with Gasteiger partial charge in [0.2, 0.25) is 0 Å². The molecule has 0 bridgehead atoms. The lowest BCUT2D eigenvalue weighted by Gasteiger charge is -2.13. The number of nitrogens with zero attached hydrogens (tertiary/aromatic N) is 2. The molecule has 0 fully saturated rings. The molecule has 0 radical (unpaired) electrons. The summed E-state index contributed by atoms with van der Waals surface area (Å²) in [6.45, 7) is 0. The van der Waals surface area contributed by atoms with Gasteiger partial charge in [-0.2, -0.15) is 5.10 Å². The van der Waals surface area contributed by atoms with Gasteiger partial charge in [-0.25, -0.2) is 0 Å². The van der Waals surface area contributed by atoms with Crippen LogP contribution >= 0.6 is 0 Å². The molecule has 3 aromatic rings.